The number of urea groups is 1. The van der Waals surface area contributed by atoms with Gasteiger partial charge < -0.3 is 20.1 Å². The maximum atomic E-state index is 12.2. The molecule has 6 nitrogen and oxygen atoms in total. The van der Waals surface area contributed by atoms with Crippen molar-refractivity contribution in [1.29, 1.82) is 0 Å². The molecule has 6 heteroatoms. The van der Waals surface area contributed by atoms with Crippen molar-refractivity contribution >= 4 is 11.9 Å². The normalized spacial score (nSPS) is 16.5. The highest BCUT2D eigenvalue weighted by molar-refractivity contribution is 5.92. The molecule has 122 valence electrons. The summed E-state index contributed by atoms with van der Waals surface area (Å²) in [5.74, 6) is -0.0508. The summed E-state index contributed by atoms with van der Waals surface area (Å²) in [5.41, 5.74) is 0.433. The van der Waals surface area contributed by atoms with E-state index in [9.17, 15) is 9.59 Å². The van der Waals surface area contributed by atoms with E-state index in [1.165, 1.54) is 0 Å². The van der Waals surface area contributed by atoms with Gasteiger partial charge in [0.05, 0.1) is 0 Å². The molecule has 0 aliphatic carbocycles. The predicted octanol–water partition coefficient (Wildman–Crippen LogP) is 1.73. The Bertz CT molecular complexity index is 537. The van der Waals surface area contributed by atoms with Gasteiger partial charge in [-0.25, -0.2) is 4.79 Å². The average molecular weight is 306 g/mol. The van der Waals surface area contributed by atoms with E-state index in [4.69, 9.17) is 0 Å². The van der Waals surface area contributed by atoms with E-state index >= 15 is 0 Å². The minimum absolute atomic E-state index is 0.0280. The molecule has 1 aromatic rings. The van der Waals surface area contributed by atoms with Crippen molar-refractivity contribution in [3.05, 3.63) is 24.0 Å². The molecule has 1 fully saturated rings. The Kier molecular flexibility index (Phi) is 4.78. The van der Waals surface area contributed by atoms with Crippen LogP contribution in [0.4, 0.5) is 4.79 Å². The zero-order valence-corrected chi connectivity index (χ0v) is 13.8. The lowest BCUT2D eigenvalue weighted by atomic mass is 10.0. The fraction of sp³-hybridized carbons (Fsp3) is 0.625. The smallest absolute Gasteiger partial charge is 0.317 e. The van der Waals surface area contributed by atoms with E-state index in [1.54, 1.807) is 10.6 Å². The molecule has 22 heavy (non-hydrogen) atoms. The summed E-state index contributed by atoms with van der Waals surface area (Å²) in [6, 6.07) is 3.76. The quantitative estimate of drug-likeness (QED) is 0.874. The monoisotopic (exact) mass is 306 g/mol. The van der Waals surface area contributed by atoms with Crippen LogP contribution in [0.15, 0.2) is 18.3 Å². The van der Waals surface area contributed by atoms with E-state index < -0.39 is 0 Å². The summed E-state index contributed by atoms with van der Waals surface area (Å²) in [4.78, 5) is 26.1. The Morgan fingerprint density at radius 1 is 1.23 bits per heavy atom. The zero-order chi connectivity index (χ0) is 16.3. The molecule has 2 heterocycles. The van der Waals surface area contributed by atoms with Crippen molar-refractivity contribution in [3.8, 4) is 0 Å². The Hall–Kier alpha value is -1.98. The molecule has 0 bridgehead atoms. The van der Waals surface area contributed by atoms with Crippen LogP contribution < -0.4 is 10.6 Å². The Balaban J connectivity index is 1.81. The van der Waals surface area contributed by atoms with Crippen LogP contribution in [0.1, 0.15) is 44.1 Å². The van der Waals surface area contributed by atoms with Crippen molar-refractivity contribution in [3.63, 3.8) is 0 Å². The van der Waals surface area contributed by atoms with E-state index in [0.29, 0.717) is 18.8 Å². The number of piperidine rings is 1. The Morgan fingerprint density at radius 2 is 1.86 bits per heavy atom. The molecule has 2 rings (SSSR count). The van der Waals surface area contributed by atoms with Crippen LogP contribution >= 0.6 is 0 Å². The van der Waals surface area contributed by atoms with E-state index in [-0.39, 0.29) is 23.5 Å². The van der Waals surface area contributed by atoms with Gasteiger partial charge in [0.2, 0.25) is 0 Å². The van der Waals surface area contributed by atoms with Crippen LogP contribution in [-0.4, -0.2) is 46.1 Å². The maximum absolute atomic E-state index is 12.2. The van der Waals surface area contributed by atoms with Gasteiger partial charge in [-0.05, 0) is 45.7 Å². The van der Waals surface area contributed by atoms with Gasteiger partial charge in [-0.3, -0.25) is 4.79 Å². The zero-order valence-electron chi connectivity index (χ0n) is 13.8. The fourth-order valence-corrected chi connectivity index (χ4v) is 2.58. The van der Waals surface area contributed by atoms with Gasteiger partial charge in [0.25, 0.3) is 5.91 Å². The first-order valence-electron chi connectivity index (χ1n) is 7.75. The minimum atomic E-state index is -0.227. The topological polar surface area (TPSA) is 66.4 Å². The Labute approximate surface area is 131 Å². The van der Waals surface area contributed by atoms with Gasteiger partial charge in [0, 0.05) is 37.9 Å². The number of amides is 3. The first kappa shape index (κ1) is 16.4. The summed E-state index contributed by atoms with van der Waals surface area (Å²) < 4.78 is 1.81. The number of likely N-dealkylation sites (tertiary alicyclic amines) is 1. The second-order valence-electron chi connectivity index (χ2n) is 6.92. The summed E-state index contributed by atoms with van der Waals surface area (Å²) in [7, 11) is 1.86. The molecule has 1 saturated heterocycles. The predicted molar refractivity (Wildman–Crippen MR) is 85.8 cm³/mol. The van der Waals surface area contributed by atoms with Gasteiger partial charge >= 0.3 is 6.03 Å². The molecule has 1 aromatic heterocycles. The lowest BCUT2D eigenvalue weighted by Gasteiger charge is -2.34. The average Bonchev–Trinajstić information content (AvgIpc) is 2.84. The molecule has 0 radical (unpaired) electrons. The number of rotatable bonds is 2. The third kappa shape index (κ3) is 4.26. The molecule has 1 aliphatic heterocycles. The maximum Gasteiger partial charge on any atom is 0.317 e. The highest BCUT2D eigenvalue weighted by Crippen LogP contribution is 2.12. The lowest BCUT2D eigenvalue weighted by molar-refractivity contribution is 0.0909. The number of hydrogen-bond donors (Lipinski definition) is 2. The number of aryl methyl sites for hydroxylation is 1. The number of aromatic nitrogens is 1. The molecular formula is C16H26N4O2. The summed E-state index contributed by atoms with van der Waals surface area (Å²) >= 11 is 0. The van der Waals surface area contributed by atoms with Crippen LogP contribution in [-0.2, 0) is 7.05 Å². The lowest BCUT2D eigenvalue weighted by Crippen LogP contribution is -2.53. The van der Waals surface area contributed by atoms with Gasteiger partial charge in [-0.15, -0.1) is 0 Å². The fourth-order valence-electron chi connectivity index (χ4n) is 2.58. The van der Waals surface area contributed by atoms with Gasteiger partial charge in [0.15, 0.2) is 0 Å². The van der Waals surface area contributed by atoms with E-state index in [1.807, 2.05) is 45.0 Å². The van der Waals surface area contributed by atoms with Crippen LogP contribution in [0.25, 0.3) is 0 Å². The van der Waals surface area contributed by atoms with Crippen LogP contribution in [0.5, 0.6) is 0 Å². The molecule has 2 N–H and O–H groups in total. The largest absolute Gasteiger partial charge is 0.348 e. The van der Waals surface area contributed by atoms with Crippen LogP contribution in [0.2, 0.25) is 0 Å². The molecular weight excluding hydrogens is 280 g/mol. The summed E-state index contributed by atoms with van der Waals surface area (Å²) in [6.07, 6.45) is 3.43. The van der Waals surface area contributed by atoms with Gasteiger partial charge in [-0.1, -0.05) is 0 Å². The number of nitrogens with one attached hydrogen (secondary N) is 2. The highest BCUT2D eigenvalue weighted by Gasteiger charge is 2.26. The summed E-state index contributed by atoms with van der Waals surface area (Å²) in [5, 5.41) is 6.02. The van der Waals surface area contributed by atoms with Crippen molar-refractivity contribution in [2.75, 3.05) is 13.1 Å². The van der Waals surface area contributed by atoms with Crippen LogP contribution in [0, 0.1) is 0 Å². The third-order valence-corrected chi connectivity index (χ3v) is 3.78. The molecule has 3 amide bonds. The standard InChI is InChI=1S/C16H26N4O2/c1-16(2,3)18-15(22)20-10-7-12(8-11-20)17-14(21)13-6-5-9-19(13)4/h5-6,9,12H,7-8,10-11H2,1-4H3,(H,17,21)(H,18,22). The minimum Gasteiger partial charge on any atom is -0.348 e. The second kappa shape index (κ2) is 6.42. The van der Waals surface area contributed by atoms with Gasteiger partial charge in [0.1, 0.15) is 5.69 Å². The van der Waals surface area contributed by atoms with Crippen molar-refractivity contribution in [1.82, 2.24) is 20.1 Å². The second-order valence-corrected chi connectivity index (χ2v) is 6.92. The van der Waals surface area contributed by atoms with Gasteiger partial charge in [-0.2, -0.15) is 0 Å². The van der Waals surface area contributed by atoms with Crippen LogP contribution in [0.3, 0.4) is 0 Å². The number of carbonyl (C=O) groups excluding carboxylic acids is 2. The molecule has 0 saturated carbocycles. The molecule has 1 aliphatic rings. The molecule has 0 atom stereocenters. The first-order chi connectivity index (χ1) is 10.3. The SMILES string of the molecule is Cn1cccc1C(=O)NC1CCN(C(=O)NC(C)(C)C)CC1. The molecule has 0 spiro atoms. The Morgan fingerprint density at radius 3 is 2.36 bits per heavy atom. The first-order valence-corrected chi connectivity index (χ1v) is 7.75. The third-order valence-electron chi connectivity index (χ3n) is 3.78. The number of nitrogens with zero attached hydrogens (tertiary/aromatic N) is 2. The van der Waals surface area contributed by atoms with Crippen molar-refractivity contribution < 1.29 is 9.59 Å². The number of carbonyl (C=O) groups is 2. The summed E-state index contributed by atoms with van der Waals surface area (Å²) in [6.45, 7) is 7.24. The highest BCUT2D eigenvalue weighted by atomic mass is 16.2. The van der Waals surface area contributed by atoms with E-state index in [0.717, 1.165) is 12.8 Å². The number of hydrogen-bond acceptors (Lipinski definition) is 2. The molecule has 0 aromatic carbocycles. The van der Waals surface area contributed by atoms with Crippen molar-refractivity contribution in [2.45, 2.75) is 45.2 Å². The van der Waals surface area contributed by atoms with Crippen molar-refractivity contribution in [2.24, 2.45) is 7.05 Å². The van der Waals surface area contributed by atoms with E-state index in [2.05, 4.69) is 10.6 Å². The molecule has 0 unspecified atom stereocenters.